The Morgan fingerprint density at radius 2 is 1.73 bits per heavy atom. The number of fused-ring (bicyclic) bond motifs is 1. The molecule has 4 N–H and O–H groups in total. The molecule has 2 fully saturated rings. The molecule has 5 rings (SSSR count). The molecule has 2 aliphatic rings. The third kappa shape index (κ3) is 8.35. The Hall–Kier alpha value is -5.46. The van der Waals surface area contributed by atoms with Crippen LogP contribution < -0.4 is 20.7 Å². The third-order valence-corrected chi connectivity index (χ3v) is 9.11. The van der Waals surface area contributed by atoms with Crippen LogP contribution in [0.15, 0.2) is 67.3 Å². The van der Waals surface area contributed by atoms with Crippen molar-refractivity contribution >= 4 is 46.4 Å². The van der Waals surface area contributed by atoms with Crippen LogP contribution in [0, 0.1) is 11.3 Å². The van der Waals surface area contributed by atoms with Gasteiger partial charge in [-0.3, -0.25) is 14.4 Å². The lowest BCUT2D eigenvalue weighted by molar-refractivity contribution is -0.146. The molecule has 1 aliphatic heterocycles. The number of carbonyl (C=O) groups excluding carboxylic acids is 4. The van der Waals surface area contributed by atoms with E-state index in [2.05, 4.69) is 22.5 Å². The normalized spacial score (nSPS) is 21.8. The molecule has 0 bridgehead atoms. The smallest absolute Gasteiger partial charge is 0.408 e. The van der Waals surface area contributed by atoms with Crippen LogP contribution in [0.5, 0.6) is 5.75 Å². The lowest BCUT2D eigenvalue weighted by Crippen LogP contribution is -2.59. The van der Waals surface area contributed by atoms with Crippen LogP contribution in [-0.2, 0) is 23.9 Å². The van der Waals surface area contributed by atoms with Crippen LogP contribution in [0.2, 0.25) is 0 Å². The largest absolute Gasteiger partial charge is 0.488 e. The first-order chi connectivity index (χ1) is 24.3. The van der Waals surface area contributed by atoms with Crippen LogP contribution in [0.25, 0.3) is 22.2 Å². The Labute approximate surface area is 303 Å². The fraction of sp³-hybridized carbons (Fsp3) is 0.436. The second-order valence-corrected chi connectivity index (χ2v) is 15.5. The van der Waals surface area contributed by atoms with Crippen LogP contribution in [0.1, 0.15) is 61.3 Å². The third-order valence-electron chi connectivity index (χ3n) is 9.11. The van der Waals surface area contributed by atoms with Gasteiger partial charge in [-0.1, -0.05) is 57.2 Å². The lowest BCUT2D eigenvalue weighted by Gasteiger charge is -2.35. The average Bonchev–Trinajstić information content (AvgIpc) is 3.61. The average molecular weight is 714 g/mol. The number of aromatic nitrogens is 1. The monoisotopic (exact) mass is 713 g/mol. The molecular weight excluding hydrogens is 666 g/mol. The highest BCUT2D eigenvalue weighted by Crippen LogP contribution is 2.45. The van der Waals surface area contributed by atoms with Crippen molar-refractivity contribution in [3.05, 3.63) is 67.3 Å². The van der Waals surface area contributed by atoms with Crippen molar-refractivity contribution in [3.8, 4) is 17.0 Å². The molecule has 276 valence electrons. The van der Waals surface area contributed by atoms with Gasteiger partial charge in [0.1, 0.15) is 35.1 Å². The number of hydrogen-bond acceptors (Lipinski definition) is 8. The number of amides is 4. The van der Waals surface area contributed by atoms with Gasteiger partial charge in [0.05, 0.1) is 17.8 Å². The first-order valence-corrected chi connectivity index (χ1v) is 17.2. The number of pyridine rings is 1. The fourth-order valence-electron chi connectivity index (χ4n) is 6.44. The van der Waals surface area contributed by atoms with Gasteiger partial charge >= 0.3 is 12.1 Å². The highest BCUT2D eigenvalue weighted by atomic mass is 16.6. The number of benzene rings is 2. The van der Waals surface area contributed by atoms with Gasteiger partial charge in [-0.05, 0) is 50.8 Å². The van der Waals surface area contributed by atoms with Crippen LogP contribution in [0.4, 0.5) is 10.5 Å². The highest BCUT2D eigenvalue weighted by Gasteiger charge is 2.61. The summed E-state index contributed by atoms with van der Waals surface area (Å²) >= 11 is 0. The number of hydrogen-bond donors (Lipinski definition) is 4. The van der Waals surface area contributed by atoms with Crippen molar-refractivity contribution in [1.29, 1.82) is 0 Å². The van der Waals surface area contributed by atoms with Crippen molar-refractivity contribution in [2.75, 3.05) is 11.9 Å². The molecule has 1 aromatic heterocycles. The van der Waals surface area contributed by atoms with E-state index in [1.165, 1.54) is 17.9 Å². The number of rotatable bonds is 10. The molecule has 13 nitrogen and oxygen atoms in total. The van der Waals surface area contributed by atoms with Gasteiger partial charge in [-0.25, -0.2) is 14.6 Å². The molecule has 52 heavy (non-hydrogen) atoms. The molecule has 1 aliphatic carbocycles. The van der Waals surface area contributed by atoms with E-state index in [-0.39, 0.29) is 25.3 Å². The first kappa shape index (κ1) is 37.8. The molecular formula is C39H47N5O8. The topological polar surface area (TPSA) is 176 Å². The number of aliphatic carboxylic acids is 1. The van der Waals surface area contributed by atoms with Gasteiger partial charge in [0.15, 0.2) is 0 Å². The van der Waals surface area contributed by atoms with Crippen molar-refractivity contribution in [3.63, 3.8) is 0 Å². The molecule has 2 aromatic carbocycles. The van der Waals surface area contributed by atoms with E-state index in [1.807, 2.05) is 30.3 Å². The number of alkyl carbamates (subject to hydrolysis) is 1. The predicted molar refractivity (Wildman–Crippen MR) is 195 cm³/mol. The van der Waals surface area contributed by atoms with Crippen molar-refractivity contribution < 1.29 is 38.6 Å². The molecule has 2 heterocycles. The van der Waals surface area contributed by atoms with E-state index in [9.17, 15) is 29.1 Å². The zero-order valence-corrected chi connectivity index (χ0v) is 30.6. The lowest BCUT2D eigenvalue weighted by atomic mass is 9.85. The van der Waals surface area contributed by atoms with E-state index in [0.29, 0.717) is 28.0 Å². The zero-order chi connectivity index (χ0) is 38.2. The first-order valence-electron chi connectivity index (χ1n) is 17.2. The molecule has 5 atom stereocenters. The molecule has 0 spiro atoms. The Bertz CT molecular complexity index is 1900. The van der Waals surface area contributed by atoms with Gasteiger partial charge in [0.2, 0.25) is 17.7 Å². The highest BCUT2D eigenvalue weighted by molar-refractivity contribution is 5.97. The van der Waals surface area contributed by atoms with Crippen LogP contribution in [-0.4, -0.2) is 80.6 Å². The second-order valence-electron chi connectivity index (χ2n) is 15.5. The predicted octanol–water partition coefficient (Wildman–Crippen LogP) is 5.29. The summed E-state index contributed by atoms with van der Waals surface area (Å²) in [5.74, 6) is -2.66. The Morgan fingerprint density at radius 1 is 1.04 bits per heavy atom. The zero-order valence-electron chi connectivity index (χ0n) is 30.6. The van der Waals surface area contributed by atoms with E-state index in [1.54, 1.807) is 65.8 Å². The quantitative estimate of drug-likeness (QED) is 0.203. The van der Waals surface area contributed by atoms with Gasteiger partial charge in [0, 0.05) is 42.0 Å². The number of nitrogens with one attached hydrogen (secondary N) is 3. The number of carbonyl (C=O) groups is 5. The Morgan fingerprint density at radius 3 is 2.31 bits per heavy atom. The molecule has 1 saturated carbocycles. The minimum Gasteiger partial charge on any atom is -0.488 e. The number of ether oxygens (including phenoxy) is 2. The van der Waals surface area contributed by atoms with Gasteiger partial charge in [-0.2, -0.15) is 0 Å². The fourth-order valence-corrected chi connectivity index (χ4v) is 6.44. The number of carboxylic acid groups (broad SMARTS) is 1. The number of nitrogens with zero attached hydrogens (tertiary/aromatic N) is 2. The van der Waals surface area contributed by atoms with E-state index < -0.39 is 64.5 Å². The summed E-state index contributed by atoms with van der Waals surface area (Å²) in [5.41, 5.74) is -0.637. The summed E-state index contributed by atoms with van der Waals surface area (Å²) in [6.45, 7) is 15.6. The molecule has 4 amide bonds. The molecule has 3 aromatic rings. The Kier molecular flexibility index (Phi) is 10.4. The van der Waals surface area contributed by atoms with Gasteiger partial charge in [-0.15, -0.1) is 6.58 Å². The summed E-state index contributed by atoms with van der Waals surface area (Å²) in [7, 11) is 0. The summed E-state index contributed by atoms with van der Waals surface area (Å²) in [5, 5.41) is 18.8. The summed E-state index contributed by atoms with van der Waals surface area (Å²) in [4.78, 5) is 71.7. The second kappa shape index (κ2) is 14.3. The van der Waals surface area contributed by atoms with E-state index in [4.69, 9.17) is 14.5 Å². The maximum atomic E-state index is 14.5. The van der Waals surface area contributed by atoms with Gasteiger partial charge in [0.25, 0.3) is 0 Å². The summed E-state index contributed by atoms with van der Waals surface area (Å²) in [6, 6.07) is 14.3. The minimum atomic E-state index is -1.53. The molecule has 1 saturated heterocycles. The standard InChI is InChI=1S/C39H47N5O8/c1-9-24-20-39(24,35(48)49)43-33(46)30-18-26(21-44(30)34(47)32(37(3,4)5)42-36(50)52-38(6,7)8)51-31-19-28(23-13-11-10-12-14-23)41-29-17-25(40-22(2)45)15-16-27(29)31/h9-17,19,24,26,30,32H,1,18,20-21H2,2-8H3,(H,40,45)(H,42,50)(H,43,46)(H,48,49)/t24-,26-,30+,32-,39-/m1/s1. The SMILES string of the molecule is C=C[C@@H]1C[C@]1(NC(=O)[C@@H]1C[C@@H](Oc2cc(-c3ccccc3)nc3cc(NC(C)=O)ccc23)CN1C(=O)[C@@H](NC(=O)OC(C)(C)C)C(C)(C)C)C(=O)O. The van der Waals surface area contributed by atoms with Crippen molar-refractivity contribution in [2.45, 2.75) is 90.6 Å². The number of likely N-dealkylation sites (tertiary alicyclic amines) is 1. The summed E-state index contributed by atoms with van der Waals surface area (Å²) in [6.07, 6.45) is 0.189. The molecule has 13 heteroatoms. The molecule has 0 radical (unpaired) electrons. The Balaban J connectivity index is 1.52. The summed E-state index contributed by atoms with van der Waals surface area (Å²) < 4.78 is 12.1. The maximum Gasteiger partial charge on any atom is 0.408 e. The van der Waals surface area contributed by atoms with E-state index in [0.717, 1.165) is 5.56 Å². The van der Waals surface area contributed by atoms with Crippen LogP contribution in [0.3, 0.4) is 0 Å². The van der Waals surface area contributed by atoms with Crippen LogP contribution >= 0.6 is 0 Å². The minimum absolute atomic E-state index is 0.0315. The number of anilines is 1. The van der Waals surface area contributed by atoms with Gasteiger partial charge < -0.3 is 35.4 Å². The maximum absolute atomic E-state index is 14.5. The number of carboxylic acids is 1. The van der Waals surface area contributed by atoms with Crippen molar-refractivity contribution in [1.82, 2.24) is 20.5 Å². The van der Waals surface area contributed by atoms with E-state index >= 15 is 0 Å². The van der Waals surface area contributed by atoms with Crippen molar-refractivity contribution in [2.24, 2.45) is 11.3 Å². The molecule has 0 unspecified atom stereocenters.